The minimum absolute atomic E-state index is 0.0152. The maximum atomic E-state index is 14.4. The second-order valence-corrected chi connectivity index (χ2v) is 7.66. The van der Waals surface area contributed by atoms with Gasteiger partial charge in [0.15, 0.2) is 0 Å². The Balaban J connectivity index is 2.15. The lowest BCUT2D eigenvalue weighted by molar-refractivity contribution is -0.165. The van der Waals surface area contributed by atoms with E-state index in [-0.39, 0.29) is 23.9 Å². The molecule has 0 spiro atoms. The molecule has 1 fully saturated rings. The number of nitrogens with one attached hydrogen (secondary N) is 1. The Kier molecular flexibility index (Phi) is 5.74. The van der Waals surface area contributed by atoms with E-state index in [2.05, 4.69) is 21.2 Å². The standard InChI is InChI=1S/C19H21BrFN3O4/c1-2-28-18(27)19(17(22)26)14(23-13-7-6-11(20)9-12(13)21)10-16(25)24-8-4-3-5-15(19)24/h6-7,9-10,15,23H,2-5,8H2,1H3,(H2,22,26). The quantitative estimate of drug-likeness (QED) is 0.525. The summed E-state index contributed by atoms with van der Waals surface area (Å²) in [5.41, 5.74) is 3.76. The van der Waals surface area contributed by atoms with Crippen molar-refractivity contribution < 1.29 is 23.5 Å². The molecule has 0 aromatic heterocycles. The van der Waals surface area contributed by atoms with Gasteiger partial charge in [-0.1, -0.05) is 15.9 Å². The van der Waals surface area contributed by atoms with Gasteiger partial charge in [-0.25, -0.2) is 4.39 Å². The number of ether oxygens (including phenoxy) is 1. The number of rotatable bonds is 5. The van der Waals surface area contributed by atoms with E-state index in [4.69, 9.17) is 10.5 Å². The van der Waals surface area contributed by atoms with Crippen molar-refractivity contribution in [3.05, 3.63) is 40.3 Å². The molecule has 0 bridgehead atoms. The van der Waals surface area contributed by atoms with Crippen LogP contribution in [0.2, 0.25) is 0 Å². The summed E-state index contributed by atoms with van der Waals surface area (Å²) in [7, 11) is 0. The van der Waals surface area contributed by atoms with Gasteiger partial charge in [0.2, 0.25) is 17.2 Å². The number of fused-ring (bicyclic) bond motifs is 1. The molecule has 2 aliphatic heterocycles. The zero-order chi connectivity index (χ0) is 20.5. The Morgan fingerprint density at radius 2 is 2.18 bits per heavy atom. The fourth-order valence-electron chi connectivity index (χ4n) is 3.90. The van der Waals surface area contributed by atoms with E-state index >= 15 is 0 Å². The average Bonchev–Trinajstić information content (AvgIpc) is 2.64. The van der Waals surface area contributed by atoms with E-state index in [9.17, 15) is 18.8 Å². The van der Waals surface area contributed by atoms with Crippen LogP contribution in [-0.2, 0) is 19.1 Å². The second-order valence-electron chi connectivity index (χ2n) is 6.74. The first-order chi connectivity index (χ1) is 13.3. The summed E-state index contributed by atoms with van der Waals surface area (Å²) >= 11 is 3.17. The van der Waals surface area contributed by atoms with E-state index in [1.54, 1.807) is 13.0 Å². The number of hydrogen-bond acceptors (Lipinski definition) is 5. The summed E-state index contributed by atoms with van der Waals surface area (Å²) in [6.45, 7) is 2.06. The maximum Gasteiger partial charge on any atom is 0.329 e. The minimum Gasteiger partial charge on any atom is -0.465 e. The van der Waals surface area contributed by atoms with Crippen LogP contribution in [0.3, 0.4) is 0 Å². The molecule has 2 unspecified atom stereocenters. The Bertz CT molecular complexity index is 860. The highest BCUT2D eigenvalue weighted by atomic mass is 79.9. The van der Waals surface area contributed by atoms with E-state index < -0.39 is 29.2 Å². The fourth-order valence-corrected chi connectivity index (χ4v) is 4.24. The topological polar surface area (TPSA) is 102 Å². The van der Waals surface area contributed by atoms with Crippen LogP contribution in [0.25, 0.3) is 0 Å². The van der Waals surface area contributed by atoms with Crippen molar-refractivity contribution in [2.75, 3.05) is 18.5 Å². The number of halogens is 2. The fraction of sp³-hybridized carbons (Fsp3) is 0.421. The van der Waals surface area contributed by atoms with Crippen LogP contribution in [0.15, 0.2) is 34.4 Å². The van der Waals surface area contributed by atoms with Gasteiger partial charge in [-0.15, -0.1) is 0 Å². The molecule has 7 nitrogen and oxygen atoms in total. The van der Waals surface area contributed by atoms with Crippen molar-refractivity contribution in [1.29, 1.82) is 0 Å². The van der Waals surface area contributed by atoms with Gasteiger partial charge >= 0.3 is 5.97 Å². The molecule has 0 radical (unpaired) electrons. The number of piperidine rings is 1. The van der Waals surface area contributed by atoms with E-state index in [0.717, 1.165) is 18.9 Å². The summed E-state index contributed by atoms with van der Waals surface area (Å²) in [5.74, 6) is -2.75. The molecule has 0 saturated carbocycles. The Labute approximate surface area is 170 Å². The lowest BCUT2D eigenvalue weighted by atomic mass is 9.70. The van der Waals surface area contributed by atoms with Crippen molar-refractivity contribution in [2.24, 2.45) is 11.1 Å². The van der Waals surface area contributed by atoms with E-state index in [0.29, 0.717) is 17.4 Å². The molecule has 3 N–H and O–H groups in total. The predicted molar refractivity (Wildman–Crippen MR) is 103 cm³/mol. The number of carbonyl (C=O) groups is 3. The number of amides is 2. The number of hydrogen-bond donors (Lipinski definition) is 2. The molecule has 2 aliphatic rings. The van der Waals surface area contributed by atoms with Gasteiger partial charge in [0.1, 0.15) is 5.82 Å². The first-order valence-corrected chi connectivity index (χ1v) is 9.83. The Morgan fingerprint density at radius 3 is 2.82 bits per heavy atom. The molecular weight excluding hydrogens is 433 g/mol. The lowest BCUT2D eigenvalue weighted by Crippen LogP contribution is -2.65. The van der Waals surface area contributed by atoms with Gasteiger partial charge < -0.3 is 20.7 Å². The van der Waals surface area contributed by atoms with E-state index in [1.807, 2.05) is 0 Å². The third-order valence-corrected chi connectivity index (χ3v) is 5.66. The van der Waals surface area contributed by atoms with Crippen molar-refractivity contribution in [1.82, 2.24) is 4.90 Å². The third-order valence-electron chi connectivity index (χ3n) is 5.16. The molecule has 2 atom stereocenters. The number of nitrogens with zero attached hydrogens (tertiary/aromatic N) is 1. The smallest absolute Gasteiger partial charge is 0.329 e. The normalized spacial score (nSPS) is 24.2. The minimum atomic E-state index is -1.93. The van der Waals surface area contributed by atoms with Crippen LogP contribution in [0.1, 0.15) is 26.2 Å². The zero-order valence-electron chi connectivity index (χ0n) is 15.3. The second kappa shape index (κ2) is 7.90. The Hall–Kier alpha value is -2.42. The van der Waals surface area contributed by atoms with Crippen LogP contribution in [0.5, 0.6) is 0 Å². The number of carbonyl (C=O) groups excluding carboxylic acids is 3. The summed E-state index contributed by atoms with van der Waals surface area (Å²) in [4.78, 5) is 39.9. The number of nitrogens with two attached hydrogens (primary N) is 1. The Morgan fingerprint density at radius 1 is 1.43 bits per heavy atom. The number of benzene rings is 1. The molecule has 2 amide bonds. The molecule has 150 valence electrons. The van der Waals surface area contributed by atoms with Crippen LogP contribution in [0.4, 0.5) is 10.1 Å². The summed E-state index contributed by atoms with van der Waals surface area (Å²) in [6.07, 6.45) is 3.04. The van der Waals surface area contributed by atoms with Crippen LogP contribution in [-0.4, -0.2) is 41.9 Å². The van der Waals surface area contributed by atoms with Crippen LogP contribution < -0.4 is 11.1 Å². The lowest BCUT2D eigenvalue weighted by Gasteiger charge is -2.48. The average molecular weight is 454 g/mol. The molecule has 1 saturated heterocycles. The summed E-state index contributed by atoms with van der Waals surface area (Å²) < 4.78 is 20.1. The van der Waals surface area contributed by atoms with Crippen molar-refractivity contribution in [2.45, 2.75) is 32.2 Å². The first-order valence-electron chi connectivity index (χ1n) is 9.04. The van der Waals surface area contributed by atoms with E-state index in [1.165, 1.54) is 17.0 Å². The molecule has 9 heteroatoms. The highest BCUT2D eigenvalue weighted by Crippen LogP contribution is 2.44. The molecule has 3 rings (SSSR count). The van der Waals surface area contributed by atoms with Gasteiger partial charge in [0, 0.05) is 22.8 Å². The highest BCUT2D eigenvalue weighted by Gasteiger charge is 2.61. The number of anilines is 1. The van der Waals surface area contributed by atoms with Gasteiger partial charge in [-0.2, -0.15) is 0 Å². The molecule has 0 aliphatic carbocycles. The number of esters is 1. The monoisotopic (exact) mass is 453 g/mol. The highest BCUT2D eigenvalue weighted by molar-refractivity contribution is 9.10. The zero-order valence-corrected chi connectivity index (χ0v) is 16.9. The molecule has 2 heterocycles. The molecule has 1 aromatic rings. The van der Waals surface area contributed by atoms with Gasteiger partial charge in [0.05, 0.1) is 18.3 Å². The predicted octanol–water partition coefficient (Wildman–Crippen LogP) is 2.31. The van der Waals surface area contributed by atoms with Crippen LogP contribution in [0, 0.1) is 11.2 Å². The molecule has 28 heavy (non-hydrogen) atoms. The molecular formula is C19H21BrFN3O4. The van der Waals surface area contributed by atoms with Gasteiger partial charge in [-0.3, -0.25) is 14.4 Å². The third kappa shape index (κ3) is 3.28. The number of primary amides is 1. The van der Waals surface area contributed by atoms with Crippen molar-refractivity contribution in [3.63, 3.8) is 0 Å². The van der Waals surface area contributed by atoms with Crippen molar-refractivity contribution >= 4 is 39.4 Å². The maximum absolute atomic E-state index is 14.4. The van der Waals surface area contributed by atoms with Gasteiger partial charge in [0.25, 0.3) is 0 Å². The molecule has 1 aromatic carbocycles. The summed E-state index contributed by atoms with van der Waals surface area (Å²) in [5, 5.41) is 2.77. The largest absolute Gasteiger partial charge is 0.465 e. The first kappa shape index (κ1) is 20.3. The van der Waals surface area contributed by atoms with Crippen LogP contribution >= 0.6 is 15.9 Å². The summed E-state index contributed by atoms with van der Waals surface area (Å²) in [6, 6.07) is 3.49. The SMILES string of the molecule is CCOC(=O)C1(C(N)=O)C(Nc2ccc(Br)cc2F)=CC(=O)N2CCCCC21. The van der Waals surface area contributed by atoms with Crippen molar-refractivity contribution in [3.8, 4) is 0 Å². The van der Waals surface area contributed by atoms with Gasteiger partial charge in [-0.05, 0) is 44.4 Å².